The molecule has 0 amide bonds. The molecule has 2 N–H and O–H groups in total. The quantitative estimate of drug-likeness (QED) is 0.841. The van der Waals surface area contributed by atoms with Crippen molar-refractivity contribution >= 4 is 21.6 Å². The summed E-state index contributed by atoms with van der Waals surface area (Å²) in [5.41, 5.74) is -1.15. The van der Waals surface area contributed by atoms with E-state index in [4.69, 9.17) is 11.6 Å². The summed E-state index contributed by atoms with van der Waals surface area (Å²) >= 11 is 5.68. The molecule has 118 valence electrons. The number of alkyl halides is 3. The number of hydrogen-bond acceptors (Lipinski definition) is 4. The highest BCUT2D eigenvalue weighted by Crippen LogP contribution is 2.35. The van der Waals surface area contributed by atoms with Crippen molar-refractivity contribution in [1.82, 2.24) is 4.31 Å². The summed E-state index contributed by atoms with van der Waals surface area (Å²) in [7, 11) is -4.34. The van der Waals surface area contributed by atoms with Crippen LogP contribution in [0.1, 0.15) is 5.56 Å². The molecule has 1 fully saturated rings. The van der Waals surface area contributed by atoms with Crippen molar-refractivity contribution in [3.05, 3.63) is 28.8 Å². The number of rotatable bonds is 2. The molecule has 0 aliphatic carbocycles. The predicted octanol–water partition coefficient (Wildman–Crippen LogP) is 1.08. The Kier molecular flexibility index (Phi) is 4.24. The van der Waals surface area contributed by atoms with Crippen molar-refractivity contribution in [3.63, 3.8) is 0 Å². The van der Waals surface area contributed by atoms with Gasteiger partial charge in [-0.25, -0.2) is 8.42 Å². The number of aliphatic hydroxyl groups excluding tert-OH is 2. The molecule has 1 aliphatic rings. The van der Waals surface area contributed by atoms with Gasteiger partial charge in [0, 0.05) is 13.1 Å². The summed E-state index contributed by atoms with van der Waals surface area (Å²) in [4.78, 5) is -0.708. The first-order valence-corrected chi connectivity index (χ1v) is 7.58. The maximum atomic E-state index is 12.7. The first-order chi connectivity index (χ1) is 9.53. The van der Waals surface area contributed by atoms with Crippen LogP contribution in [0.3, 0.4) is 0 Å². The topological polar surface area (TPSA) is 77.8 Å². The fraction of sp³-hybridized carbons (Fsp3) is 0.455. The van der Waals surface area contributed by atoms with Crippen LogP contribution in [-0.2, 0) is 16.2 Å². The summed E-state index contributed by atoms with van der Waals surface area (Å²) in [6.07, 6.45) is -7.28. The number of benzene rings is 1. The van der Waals surface area contributed by atoms with Gasteiger partial charge in [0.15, 0.2) is 0 Å². The van der Waals surface area contributed by atoms with Gasteiger partial charge in [0.05, 0.1) is 22.8 Å². The van der Waals surface area contributed by atoms with Crippen LogP contribution in [0.15, 0.2) is 23.1 Å². The zero-order chi connectivity index (χ0) is 16.0. The molecule has 0 bridgehead atoms. The zero-order valence-electron chi connectivity index (χ0n) is 10.4. The minimum absolute atomic E-state index is 0.362. The minimum Gasteiger partial charge on any atom is -0.389 e. The Labute approximate surface area is 123 Å². The van der Waals surface area contributed by atoms with Crippen LogP contribution in [0.2, 0.25) is 5.02 Å². The van der Waals surface area contributed by atoms with Gasteiger partial charge in [0.25, 0.3) is 0 Å². The zero-order valence-corrected chi connectivity index (χ0v) is 12.0. The molecule has 1 aromatic rings. The summed E-state index contributed by atoms with van der Waals surface area (Å²) in [5.74, 6) is 0. The minimum atomic E-state index is -4.71. The van der Waals surface area contributed by atoms with Crippen LogP contribution in [0, 0.1) is 0 Å². The van der Waals surface area contributed by atoms with Gasteiger partial charge in [-0.2, -0.15) is 17.5 Å². The van der Waals surface area contributed by atoms with Gasteiger partial charge >= 0.3 is 6.18 Å². The van der Waals surface area contributed by atoms with Gasteiger partial charge in [-0.05, 0) is 18.2 Å². The van der Waals surface area contributed by atoms with Crippen LogP contribution in [-0.4, -0.2) is 48.2 Å². The second-order valence-electron chi connectivity index (χ2n) is 4.60. The standard InChI is InChI=1S/C11H11ClF3NO4S/c12-7-2-1-6(11(13,14)15)3-10(7)21(19,20)16-4-8(17)9(18)5-16/h1-3,8-9,17-18H,4-5H2/t8-,9+. The third-order valence-corrected chi connectivity index (χ3v) is 5.42. The Morgan fingerprint density at radius 3 is 2.19 bits per heavy atom. The van der Waals surface area contributed by atoms with E-state index in [0.29, 0.717) is 16.4 Å². The van der Waals surface area contributed by atoms with E-state index >= 15 is 0 Å². The average Bonchev–Trinajstić information content (AvgIpc) is 2.69. The average molecular weight is 346 g/mol. The van der Waals surface area contributed by atoms with Crippen LogP contribution in [0.25, 0.3) is 0 Å². The smallest absolute Gasteiger partial charge is 0.389 e. The van der Waals surface area contributed by atoms with E-state index in [0.717, 1.165) is 6.07 Å². The van der Waals surface area contributed by atoms with E-state index in [1.165, 1.54) is 0 Å². The molecule has 0 spiro atoms. The maximum Gasteiger partial charge on any atom is 0.416 e. The van der Waals surface area contributed by atoms with Crippen LogP contribution >= 0.6 is 11.6 Å². The Hall–Kier alpha value is -0.870. The molecule has 1 aromatic carbocycles. The Balaban J connectivity index is 2.45. The second kappa shape index (κ2) is 5.40. The van der Waals surface area contributed by atoms with Gasteiger partial charge in [0.1, 0.15) is 4.90 Å². The first kappa shape index (κ1) is 16.5. The van der Waals surface area contributed by atoms with Crippen molar-refractivity contribution in [2.24, 2.45) is 0 Å². The van der Waals surface area contributed by atoms with E-state index in [-0.39, 0.29) is 5.02 Å². The molecule has 1 aliphatic heterocycles. The highest BCUT2D eigenvalue weighted by molar-refractivity contribution is 7.89. The lowest BCUT2D eigenvalue weighted by Crippen LogP contribution is -2.30. The van der Waals surface area contributed by atoms with E-state index < -0.39 is 52.0 Å². The fourth-order valence-electron chi connectivity index (χ4n) is 1.95. The van der Waals surface area contributed by atoms with Gasteiger partial charge in [-0.3, -0.25) is 0 Å². The lowest BCUT2D eigenvalue weighted by atomic mass is 10.2. The molecule has 0 unspecified atom stereocenters. The summed E-state index contributed by atoms with van der Waals surface area (Å²) in [6.45, 7) is -0.813. The molecule has 0 aromatic heterocycles. The lowest BCUT2D eigenvalue weighted by Gasteiger charge is -2.17. The highest BCUT2D eigenvalue weighted by atomic mass is 35.5. The molecule has 2 rings (SSSR count). The Morgan fingerprint density at radius 1 is 1.19 bits per heavy atom. The normalized spacial score (nSPS) is 24.5. The second-order valence-corrected chi connectivity index (χ2v) is 6.91. The third-order valence-electron chi connectivity index (χ3n) is 3.10. The van der Waals surface area contributed by atoms with Gasteiger partial charge in [-0.1, -0.05) is 11.6 Å². The van der Waals surface area contributed by atoms with Gasteiger partial charge < -0.3 is 10.2 Å². The molecule has 1 saturated heterocycles. The Morgan fingerprint density at radius 2 is 1.71 bits per heavy atom. The molecule has 21 heavy (non-hydrogen) atoms. The molecule has 5 nitrogen and oxygen atoms in total. The number of sulfonamides is 1. The van der Waals surface area contributed by atoms with Crippen LogP contribution in [0.5, 0.6) is 0 Å². The monoisotopic (exact) mass is 345 g/mol. The predicted molar refractivity (Wildman–Crippen MR) is 67.2 cm³/mol. The number of halogens is 4. The van der Waals surface area contributed by atoms with Crippen molar-refractivity contribution in [1.29, 1.82) is 0 Å². The molecule has 1 heterocycles. The molecular weight excluding hydrogens is 335 g/mol. The molecule has 0 saturated carbocycles. The SMILES string of the molecule is O=S(=O)(c1cc(C(F)(F)F)ccc1Cl)N1C[C@@H](O)[C@@H](O)C1. The summed E-state index contributed by atoms with van der Waals surface area (Å²) < 4.78 is 63.2. The summed E-state index contributed by atoms with van der Waals surface area (Å²) in [6, 6.07) is 1.96. The van der Waals surface area contributed by atoms with E-state index in [1.807, 2.05) is 0 Å². The number of nitrogens with zero attached hydrogens (tertiary/aromatic N) is 1. The van der Waals surface area contributed by atoms with Gasteiger partial charge in [0.2, 0.25) is 10.0 Å². The molecule has 10 heteroatoms. The third kappa shape index (κ3) is 3.16. The molecule has 2 atom stereocenters. The largest absolute Gasteiger partial charge is 0.416 e. The summed E-state index contributed by atoms with van der Waals surface area (Å²) in [5, 5.41) is 18.4. The van der Waals surface area contributed by atoms with E-state index in [2.05, 4.69) is 0 Å². The number of β-amino-alcohol motifs (C(OH)–C–C–N with tert-alkyl or cyclic N) is 2. The van der Waals surface area contributed by atoms with Gasteiger partial charge in [-0.15, -0.1) is 0 Å². The maximum absolute atomic E-state index is 12.7. The fourth-order valence-corrected chi connectivity index (χ4v) is 3.92. The molecule has 0 radical (unpaired) electrons. The van der Waals surface area contributed by atoms with Crippen molar-refractivity contribution < 1.29 is 31.8 Å². The van der Waals surface area contributed by atoms with Crippen molar-refractivity contribution in [3.8, 4) is 0 Å². The number of hydrogen-bond donors (Lipinski definition) is 2. The highest BCUT2D eigenvalue weighted by Gasteiger charge is 2.39. The van der Waals surface area contributed by atoms with Crippen molar-refractivity contribution in [2.75, 3.05) is 13.1 Å². The van der Waals surface area contributed by atoms with Crippen LogP contribution < -0.4 is 0 Å². The Bertz CT molecular complexity index is 639. The number of aliphatic hydroxyl groups is 2. The van der Waals surface area contributed by atoms with Crippen molar-refractivity contribution in [2.45, 2.75) is 23.3 Å². The van der Waals surface area contributed by atoms with Crippen LogP contribution in [0.4, 0.5) is 13.2 Å². The molecular formula is C11H11ClF3NO4S. The lowest BCUT2D eigenvalue weighted by molar-refractivity contribution is -0.137. The first-order valence-electron chi connectivity index (χ1n) is 5.76. The van der Waals surface area contributed by atoms with E-state index in [9.17, 15) is 31.8 Å². The van der Waals surface area contributed by atoms with E-state index in [1.54, 1.807) is 0 Å².